The van der Waals surface area contributed by atoms with Gasteiger partial charge in [0.25, 0.3) is 0 Å². The summed E-state index contributed by atoms with van der Waals surface area (Å²) in [6.07, 6.45) is 4.25. The second-order valence-corrected chi connectivity index (χ2v) is 1.99. The Labute approximate surface area is 78.9 Å². The van der Waals surface area contributed by atoms with Crippen LogP contribution < -0.4 is 0 Å². The molecule has 2 nitrogen and oxygen atoms in total. The molecule has 1 heterocycles. The number of rotatable bonds is 0. The fraction of sp³-hybridized carbons (Fsp3) is 0. The number of benzene rings is 1. The van der Waals surface area contributed by atoms with Crippen LogP contribution in [-0.4, -0.2) is 9.97 Å². The Morgan fingerprint density at radius 2 is 1.82 bits per heavy atom. The molecule has 0 aliphatic heterocycles. The van der Waals surface area contributed by atoms with Crippen LogP contribution in [0.3, 0.4) is 0 Å². The summed E-state index contributed by atoms with van der Waals surface area (Å²) in [5, 5.41) is 0. The number of para-hydroxylation sites is 2. The minimum absolute atomic E-state index is 0. The van der Waals surface area contributed by atoms with E-state index in [0.717, 1.165) is 11.0 Å². The van der Waals surface area contributed by atoms with E-state index in [0.29, 0.717) is 0 Å². The van der Waals surface area contributed by atoms with Crippen LogP contribution >= 0.6 is 0 Å². The maximum absolute atomic E-state index is 4.06. The van der Waals surface area contributed by atoms with Crippen molar-refractivity contribution in [1.29, 1.82) is 0 Å². The Kier molecular flexibility index (Phi) is 2.72. The third-order valence-corrected chi connectivity index (χ3v) is 1.33. The van der Waals surface area contributed by atoms with Gasteiger partial charge in [-0.25, -0.2) is 0 Å². The van der Waals surface area contributed by atoms with Gasteiger partial charge in [0, 0.05) is 26.6 Å². The van der Waals surface area contributed by atoms with E-state index in [9.17, 15) is 0 Å². The topological polar surface area (TPSA) is 25.8 Å². The summed E-state index contributed by atoms with van der Waals surface area (Å²) in [6.45, 7) is 0. The number of aromatic nitrogens is 2. The predicted octanol–water partition coefficient (Wildman–Crippen LogP) is 1.43. The monoisotopic (exact) mass is 313 g/mol. The van der Waals surface area contributed by atoms with Gasteiger partial charge in [0.2, 0.25) is 0 Å². The fourth-order valence-corrected chi connectivity index (χ4v) is 0.865. The van der Waals surface area contributed by atoms with Crippen LogP contribution in [0.4, 0.5) is 0 Å². The van der Waals surface area contributed by atoms with Crippen LogP contribution in [0.15, 0.2) is 30.5 Å². The normalized spacial score (nSPS) is 9.09. The Bertz CT molecular complexity index is 283. The molecule has 0 amide bonds. The van der Waals surface area contributed by atoms with Gasteiger partial charge in [-0.15, -0.1) is 12.3 Å². The Morgan fingerprint density at radius 1 is 1.09 bits per heavy atom. The number of fused-ring (bicyclic) bond motifs is 1. The smallest absolute Gasteiger partial charge is 0.00478 e. The SMILES string of the molecule is [W].[c-]1cnc2ccccc2n1. The van der Waals surface area contributed by atoms with Gasteiger partial charge < -0.3 is 4.98 Å². The molecule has 54 valence electrons. The molecule has 0 fully saturated rings. The second-order valence-electron chi connectivity index (χ2n) is 1.99. The molecule has 0 saturated heterocycles. The van der Waals surface area contributed by atoms with Crippen molar-refractivity contribution >= 4 is 11.0 Å². The zero-order chi connectivity index (χ0) is 6.81. The molecule has 0 aliphatic carbocycles. The van der Waals surface area contributed by atoms with Crippen LogP contribution in [0.5, 0.6) is 0 Å². The zero-order valence-electron chi connectivity index (χ0n) is 5.69. The van der Waals surface area contributed by atoms with Gasteiger partial charge in [0.05, 0.1) is 0 Å². The summed E-state index contributed by atoms with van der Waals surface area (Å²) in [5.41, 5.74) is 1.81. The van der Waals surface area contributed by atoms with Crippen molar-refractivity contribution in [3.8, 4) is 0 Å². The molecule has 3 heteroatoms. The summed E-state index contributed by atoms with van der Waals surface area (Å²) in [4.78, 5) is 8.06. The van der Waals surface area contributed by atoms with E-state index in [1.54, 1.807) is 6.20 Å². The van der Waals surface area contributed by atoms with Gasteiger partial charge >= 0.3 is 0 Å². The summed E-state index contributed by atoms with van der Waals surface area (Å²) in [6, 6.07) is 7.72. The first-order valence-corrected chi connectivity index (χ1v) is 3.05. The summed E-state index contributed by atoms with van der Waals surface area (Å²) in [7, 11) is 0. The average Bonchev–Trinajstić information content (AvgIpc) is 2.05. The summed E-state index contributed by atoms with van der Waals surface area (Å²) in [5.74, 6) is 0. The van der Waals surface area contributed by atoms with Crippen molar-refractivity contribution in [3.63, 3.8) is 0 Å². The third-order valence-electron chi connectivity index (χ3n) is 1.33. The minimum Gasteiger partial charge on any atom is -0.448 e. The number of nitrogens with zero attached hydrogens (tertiary/aromatic N) is 2. The van der Waals surface area contributed by atoms with Crippen LogP contribution in [0.1, 0.15) is 0 Å². The van der Waals surface area contributed by atoms with Crippen molar-refractivity contribution in [2.24, 2.45) is 0 Å². The molecule has 0 unspecified atom stereocenters. The van der Waals surface area contributed by atoms with E-state index in [2.05, 4.69) is 16.2 Å². The van der Waals surface area contributed by atoms with Crippen molar-refractivity contribution in [1.82, 2.24) is 9.97 Å². The van der Waals surface area contributed by atoms with Crippen molar-refractivity contribution in [2.45, 2.75) is 0 Å². The van der Waals surface area contributed by atoms with Gasteiger partial charge in [-0.3, -0.25) is 4.98 Å². The molecule has 2 rings (SSSR count). The molecule has 1 aromatic heterocycles. The van der Waals surface area contributed by atoms with Gasteiger partial charge in [0.15, 0.2) is 0 Å². The number of hydrogen-bond donors (Lipinski definition) is 0. The maximum Gasteiger partial charge on any atom is 0.00478 e. The molecule has 11 heavy (non-hydrogen) atoms. The molecule has 0 N–H and O–H groups in total. The molecule has 0 saturated carbocycles. The van der Waals surface area contributed by atoms with Crippen molar-refractivity contribution in [3.05, 3.63) is 36.7 Å². The van der Waals surface area contributed by atoms with Crippen molar-refractivity contribution in [2.75, 3.05) is 0 Å². The van der Waals surface area contributed by atoms with Crippen LogP contribution in [-0.2, 0) is 21.1 Å². The molecular formula is C8H5N2W-. The quantitative estimate of drug-likeness (QED) is 0.688. The first-order chi connectivity index (χ1) is 4.97. The van der Waals surface area contributed by atoms with E-state index in [1.165, 1.54) is 0 Å². The molecule has 0 bridgehead atoms. The standard InChI is InChI=1S/C8H5N2.W/c1-2-4-8-7(3-1)9-5-6-10-8;/h1-5H;/q-1;. The zero-order valence-corrected chi connectivity index (χ0v) is 8.62. The molecule has 2 aromatic rings. The summed E-state index contributed by atoms with van der Waals surface area (Å²) >= 11 is 0. The third kappa shape index (κ3) is 1.63. The first kappa shape index (κ1) is 8.35. The van der Waals surface area contributed by atoms with E-state index < -0.39 is 0 Å². The van der Waals surface area contributed by atoms with Crippen LogP contribution in [0, 0.1) is 6.20 Å². The molecular weight excluding hydrogens is 308 g/mol. The van der Waals surface area contributed by atoms with Gasteiger partial charge in [-0.1, -0.05) is 23.7 Å². The second kappa shape index (κ2) is 3.58. The van der Waals surface area contributed by atoms with Gasteiger partial charge in [-0.05, 0) is 6.20 Å². The summed E-state index contributed by atoms with van der Waals surface area (Å²) < 4.78 is 0. The average molecular weight is 313 g/mol. The van der Waals surface area contributed by atoms with E-state index in [-0.39, 0.29) is 21.1 Å². The molecule has 0 radical (unpaired) electrons. The minimum atomic E-state index is 0. The predicted molar refractivity (Wildman–Crippen MR) is 38.4 cm³/mol. The van der Waals surface area contributed by atoms with E-state index in [4.69, 9.17) is 0 Å². The fourth-order valence-electron chi connectivity index (χ4n) is 0.865. The van der Waals surface area contributed by atoms with Crippen LogP contribution in [0.2, 0.25) is 0 Å². The van der Waals surface area contributed by atoms with Crippen molar-refractivity contribution < 1.29 is 21.1 Å². The largest absolute Gasteiger partial charge is 0.448 e. The Morgan fingerprint density at radius 3 is 2.55 bits per heavy atom. The van der Waals surface area contributed by atoms with Gasteiger partial charge in [0.1, 0.15) is 0 Å². The van der Waals surface area contributed by atoms with Gasteiger partial charge in [-0.2, -0.15) is 0 Å². The van der Waals surface area contributed by atoms with E-state index in [1.807, 2.05) is 24.3 Å². The molecule has 0 atom stereocenters. The van der Waals surface area contributed by atoms with E-state index >= 15 is 0 Å². The first-order valence-electron chi connectivity index (χ1n) is 3.05. The molecule has 0 spiro atoms. The molecule has 0 aliphatic rings. The Hall–Kier alpha value is -0.752. The maximum atomic E-state index is 4.06. The van der Waals surface area contributed by atoms with Crippen LogP contribution in [0.25, 0.3) is 11.0 Å². The Balaban J connectivity index is 0.000000605. The number of hydrogen-bond acceptors (Lipinski definition) is 2. The molecule has 1 aromatic carbocycles.